The number of aliphatic hydroxyl groups excluding tert-OH is 1. The first-order valence-corrected chi connectivity index (χ1v) is 15.4. The average Bonchev–Trinajstić information content (AvgIpc) is 3.42. The highest BCUT2D eigenvalue weighted by atomic mass is 16.8. The van der Waals surface area contributed by atoms with E-state index < -0.39 is 47.7 Å². The highest BCUT2D eigenvalue weighted by molar-refractivity contribution is 6.03. The number of carbonyl (C=O) groups excluding carboxylic acids is 1. The molecule has 0 fully saturated rings. The van der Waals surface area contributed by atoms with E-state index in [1.165, 1.54) is 35.5 Å². The second-order valence-corrected chi connectivity index (χ2v) is 11.8. The Morgan fingerprint density at radius 3 is 1.89 bits per heavy atom. The van der Waals surface area contributed by atoms with E-state index in [0.29, 0.717) is 17.5 Å². The van der Waals surface area contributed by atoms with Crippen LogP contribution in [0, 0.1) is 0 Å². The fraction of sp³-hybridized carbons (Fsp3) is 0.417. The summed E-state index contributed by atoms with van der Waals surface area (Å²) in [5.74, 6) is -1.48. The minimum absolute atomic E-state index is 0.138. The van der Waals surface area contributed by atoms with Crippen LogP contribution in [0.1, 0.15) is 53.4 Å². The molecule has 0 saturated carbocycles. The Kier molecular flexibility index (Phi) is 7.92. The van der Waals surface area contributed by atoms with Crippen molar-refractivity contribution in [1.29, 1.82) is 0 Å². The van der Waals surface area contributed by atoms with Crippen LogP contribution in [0.3, 0.4) is 0 Å². The van der Waals surface area contributed by atoms with Gasteiger partial charge in [0.1, 0.15) is 18.0 Å². The lowest BCUT2D eigenvalue weighted by molar-refractivity contribution is -0.310. The second kappa shape index (κ2) is 11.8. The molecular formula is C36H38O11. The van der Waals surface area contributed by atoms with Crippen LogP contribution in [-0.2, 0) is 34.1 Å². The van der Waals surface area contributed by atoms with Gasteiger partial charge in [0.2, 0.25) is 17.1 Å². The van der Waals surface area contributed by atoms with Crippen LogP contribution < -0.4 is 18.9 Å². The maximum Gasteiger partial charge on any atom is 0.285 e. The lowest BCUT2D eigenvalue weighted by Crippen LogP contribution is -2.69. The Balaban J connectivity index is 1.53. The minimum Gasteiger partial charge on any atom is -0.492 e. The summed E-state index contributed by atoms with van der Waals surface area (Å²) in [6, 6.07) is 19.3. The molecule has 7 rings (SSSR count). The fourth-order valence-electron chi connectivity index (χ4n) is 7.74. The summed E-state index contributed by atoms with van der Waals surface area (Å²) in [7, 11) is 8.80. The Bertz CT molecular complexity index is 1710. The van der Waals surface area contributed by atoms with Gasteiger partial charge in [0, 0.05) is 41.3 Å². The third kappa shape index (κ3) is 4.20. The number of carbonyl (C=O) groups is 1. The standard InChI is InChI=1S/C36H38O11/c1-39-24-18-23(20-15-11-8-12-16-20)46-33-26(24)28(38)34(42-4)36(44-6)35(33,43-5)27-29(47-36)25-21(37)17-22(19-13-9-7-10-14-19)45-30(25)32(41-3)31(27)40-2/h7-16,21-24,34,37H,17-18H2,1-6H3/t21-,22-,23-,24-,34+,35-,36-/m1/s1. The Morgan fingerprint density at radius 1 is 0.745 bits per heavy atom. The van der Waals surface area contributed by atoms with Crippen molar-refractivity contribution >= 4 is 5.78 Å². The summed E-state index contributed by atoms with van der Waals surface area (Å²) < 4.78 is 56.9. The molecule has 4 aliphatic rings. The molecule has 1 N–H and O–H groups in total. The van der Waals surface area contributed by atoms with Crippen LogP contribution in [0.25, 0.3) is 0 Å². The number of hydrogen-bond donors (Lipinski definition) is 1. The van der Waals surface area contributed by atoms with Crippen molar-refractivity contribution in [3.05, 3.63) is 94.2 Å². The highest BCUT2D eigenvalue weighted by Crippen LogP contribution is 2.69. The number of aliphatic hydroxyl groups is 1. The van der Waals surface area contributed by atoms with Gasteiger partial charge < -0.3 is 47.7 Å². The van der Waals surface area contributed by atoms with Crippen molar-refractivity contribution in [3.8, 4) is 23.0 Å². The molecule has 0 aromatic heterocycles. The molecule has 3 aromatic carbocycles. The van der Waals surface area contributed by atoms with Crippen molar-refractivity contribution in [2.75, 3.05) is 42.7 Å². The number of hydrogen-bond acceptors (Lipinski definition) is 11. The van der Waals surface area contributed by atoms with Gasteiger partial charge in [-0.1, -0.05) is 60.7 Å². The van der Waals surface area contributed by atoms with E-state index in [4.69, 9.17) is 42.6 Å². The van der Waals surface area contributed by atoms with Crippen molar-refractivity contribution in [1.82, 2.24) is 0 Å². The van der Waals surface area contributed by atoms with Crippen molar-refractivity contribution in [2.45, 2.75) is 54.7 Å². The SMILES string of the molecule is COc1c2c(c3c(c1OC)[C@@]1(OC)C4=C(C(=O)[C@H](OC)[C@@]1(OC)O3)[C@H](OC)C[C@H](c1ccccc1)O4)[C@H](O)C[C@H](c1ccccc1)O2. The van der Waals surface area contributed by atoms with Crippen molar-refractivity contribution in [3.63, 3.8) is 0 Å². The Labute approximate surface area is 272 Å². The number of rotatable bonds is 8. The first-order chi connectivity index (χ1) is 22.8. The topological polar surface area (TPSA) is 120 Å². The Hall–Kier alpha value is -4.13. The fourth-order valence-corrected chi connectivity index (χ4v) is 7.74. The zero-order valence-electron chi connectivity index (χ0n) is 27.1. The number of methoxy groups -OCH3 is 6. The number of Topliss-reactive ketones (excluding diaryl/α,β-unsaturated/α-hetero) is 1. The van der Waals surface area contributed by atoms with Crippen LogP contribution in [-0.4, -0.2) is 71.5 Å². The lowest BCUT2D eigenvalue weighted by Gasteiger charge is -2.51. The van der Waals surface area contributed by atoms with E-state index in [1.807, 2.05) is 60.7 Å². The molecular weight excluding hydrogens is 608 g/mol. The van der Waals surface area contributed by atoms with E-state index in [2.05, 4.69) is 0 Å². The smallest absolute Gasteiger partial charge is 0.285 e. The molecule has 47 heavy (non-hydrogen) atoms. The molecule has 3 aromatic rings. The molecule has 7 atom stereocenters. The van der Waals surface area contributed by atoms with Crippen LogP contribution in [0.4, 0.5) is 0 Å². The van der Waals surface area contributed by atoms with Gasteiger partial charge in [0.15, 0.2) is 23.4 Å². The maximum atomic E-state index is 14.5. The molecule has 0 saturated heterocycles. The van der Waals surface area contributed by atoms with Crippen molar-refractivity contribution in [2.24, 2.45) is 0 Å². The van der Waals surface area contributed by atoms with Gasteiger partial charge in [0.05, 0.1) is 43.1 Å². The number of benzene rings is 3. The van der Waals surface area contributed by atoms with Gasteiger partial charge in [-0.05, 0) is 11.1 Å². The van der Waals surface area contributed by atoms with Crippen LogP contribution in [0.5, 0.6) is 23.0 Å². The van der Waals surface area contributed by atoms with Crippen LogP contribution in [0.2, 0.25) is 0 Å². The zero-order valence-corrected chi connectivity index (χ0v) is 27.1. The van der Waals surface area contributed by atoms with Gasteiger partial charge >= 0.3 is 0 Å². The maximum absolute atomic E-state index is 14.5. The normalized spacial score (nSPS) is 30.6. The molecule has 248 valence electrons. The predicted octanol–water partition coefficient (Wildman–Crippen LogP) is 4.87. The van der Waals surface area contributed by atoms with Crippen LogP contribution >= 0.6 is 0 Å². The minimum atomic E-state index is -1.98. The lowest BCUT2D eigenvalue weighted by atomic mass is 9.70. The van der Waals surface area contributed by atoms with Crippen LogP contribution in [0.15, 0.2) is 72.0 Å². The summed E-state index contributed by atoms with van der Waals surface area (Å²) in [5, 5.41) is 11.9. The molecule has 3 heterocycles. The average molecular weight is 647 g/mol. The van der Waals surface area contributed by atoms with Gasteiger partial charge in [0.25, 0.3) is 5.79 Å². The van der Waals surface area contributed by atoms with E-state index in [-0.39, 0.29) is 40.8 Å². The highest BCUT2D eigenvalue weighted by Gasteiger charge is 2.77. The third-order valence-corrected chi connectivity index (χ3v) is 9.79. The number of fused-ring (bicyclic) bond motifs is 6. The van der Waals surface area contributed by atoms with E-state index in [1.54, 1.807) is 7.11 Å². The first-order valence-electron chi connectivity index (χ1n) is 15.4. The summed E-state index contributed by atoms with van der Waals surface area (Å²) in [4.78, 5) is 14.5. The second-order valence-electron chi connectivity index (χ2n) is 11.8. The first kappa shape index (κ1) is 31.5. The summed E-state index contributed by atoms with van der Waals surface area (Å²) in [6.07, 6.45) is -3.58. The van der Waals surface area contributed by atoms with Crippen molar-refractivity contribution < 1.29 is 52.5 Å². The predicted molar refractivity (Wildman–Crippen MR) is 167 cm³/mol. The molecule has 0 spiro atoms. The molecule has 0 amide bonds. The molecule has 1 aliphatic carbocycles. The molecule has 0 bridgehead atoms. The van der Waals surface area contributed by atoms with Gasteiger partial charge in [-0.15, -0.1) is 0 Å². The zero-order chi connectivity index (χ0) is 33.1. The largest absolute Gasteiger partial charge is 0.492 e. The molecule has 0 unspecified atom stereocenters. The van der Waals surface area contributed by atoms with Gasteiger partial charge in [-0.3, -0.25) is 4.79 Å². The summed E-state index contributed by atoms with van der Waals surface area (Å²) in [6.45, 7) is 0. The molecule has 11 nitrogen and oxygen atoms in total. The third-order valence-electron chi connectivity index (χ3n) is 9.79. The monoisotopic (exact) mass is 646 g/mol. The number of ether oxygens (including phenoxy) is 9. The molecule has 11 heteroatoms. The van der Waals surface area contributed by atoms with Gasteiger partial charge in [-0.25, -0.2) is 0 Å². The molecule has 3 aliphatic heterocycles. The summed E-state index contributed by atoms with van der Waals surface area (Å²) >= 11 is 0. The van der Waals surface area contributed by atoms with E-state index >= 15 is 0 Å². The molecule has 0 radical (unpaired) electrons. The van der Waals surface area contributed by atoms with E-state index in [0.717, 1.165) is 11.1 Å². The Morgan fingerprint density at radius 2 is 1.36 bits per heavy atom. The number of ketones is 1. The van der Waals surface area contributed by atoms with Gasteiger partial charge in [-0.2, -0.15) is 0 Å². The quantitative estimate of drug-likeness (QED) is 0.361. The van der Waals surface area contributed by atoms with E-state index in [9.17, 15) is 9.90 Å². The summed E-state index contributed by atoms with van der Waals surface area (Å²) in [5.41, 5.74) is 0.776.